The predicted molar refractivity (Wildman–Crippen MR) is 94.8 cm³/mol. The van der Waals surface area contributed by atoms with Gasteiger partial charge in [0, 0.05) is 0 Å². The summed E-state index contributed by atoms with van der Waals surface area (Å²) in [6.07, 6.45) is 7.61. The van der Waals surface area contributed by atoms with Gasteiger partial charge in [-0.3, -0.25) is 4.57 Å². The van der Waals surface area contributed by atoms with Crippen molar-refractivity contribution >= 4 is 10.9 Å². The van der Waals surface area contributed by atoms with Gasteiger partial charge in [-0.1, -0.05) is 45.6 Å². The molecule has 4 heteroatoms. The number of aryl methyl sites for hydroxylation is 1. The number of rotatable bonds is 0. The van der Waals surface area contributed by atoms with Crippen molar-refractivity contribution < 1.29 is 4.42 Å². The lowest BCUT2D eigenvalue weighted by Gasteiger charge is -2.46. The molecule has 1 saturated carbocycles. The Balaban J connectivity index is 2.18. The molecule has 1 aromatic carbocycles. The molecule has 2 aromatic rings. The average Bonchev–Trinajstić information content (AvgIpc) is 2.72. The van der Waals surface area contributed by atoms with Crippen LogP contribution in [-0.4, -0.2) is 4.57 Å². The van der Waals surface area contributed by atoms with Gasteiger partial charge >= 0.3 is 11.4 Å². The van der Waals surface area contributed by atoms with E-state index in [1.165, 1.54) is 12.8 Å². The molecule has 1 aromatic heterocycles. The zero-order chi connectivity index (χ0) is 17.1. The number of fused-ring (bicyclic) bond motifs is 1. The van der Waals surface area contributed by atoms with E-state index in [2.05, 4.69) is 19.9 Å². The molecule has 0 saturated heterocycles. The van der Waals surface area contributed by atoms with E-state index in [1.807, 2.05) is 17.6 Å². The number of aromatic nitrogens is 1. The molecule has 0 atom stereocenters. The smallest absolute Gasteiger partial charge is 0.372 e. The first-order valence-corrected chi connectivity index (χ1v) is 9.06. The van der Waals surface area contributed by atoms with Gasteiger partial charge in [0.15, 0.2) is 0 Å². The number of nitrogens with zero attached hydrogens (tertiary/aromatic N) is 1. The Kier molecular flexibility index (Phi) is 3.32. The fourth-order valence-electron chi connectivity index (χ4n) is 5.18. The third-order valence-electron chi connectivity index (χ3n) is 6.07. The SMILES string of the molecule is Cc1cc2c3c(c1)c(=O)oc(=O)n3C1(CCCCCC1)CC2(C)C. The largest absolute Gasteiger partial charge is 0.422 e. The maximum Gasteiger partial charge on any atom is 0.422 e. The first-order valence-electron chi connectivity index (χ1n) is 9.06. The summed E-state index contributed by atoms with van der Waals surface area (Å²) in [5.41, 5.74) is 2.19. The van der Waals surface area contributed by atoms with Crippen molar-refractivity contribution in [1.82, 2.24) is 4.57 Å². The quantitative estimate of drug-likeness (QED) is 0.735. The highest BCUT2D eigenvalue weighted by Crippen LogP contribution is 2.49. The van der Waals surface area contributed by atoms with Crippen molar-refractivity contribution in [2.24, 2.45) is 0 Å². The lowest BCUT2D eigenvalue weighted by Crippen LogP contribution is -2.49. The monoisotopic (exact) mass is 327 g/mol. The van der Waals surface area contributed by atoms with Crippen LogP contribution < -0.4 is 11.4 Å². The predicted octanol–water partition coefficient (Wildman–Crippen LogP) is 3.99. The second kappa shape index (κ2) is 5.08. The summed E-state index contributed by atoms with van der Waals surface area (Å²) in [4.78, 5) is 25.1. The van der Waals surface area contributed by atoms with Gasteiger partial charge in [0.2, 0.25) is 0 Å². The molecule has 0 unspecified atom stereocenters. The molecule has 0 bridgehead atoms. The number of hydrogen-bond donors (Lipinski definition) is 0. The molecule has 0 amide bonds. The van der Waals surface area contributed by atoms with Crippen molar-refractivity contribution in [3.8, 4) is 0 Å². The second-order valence-corrected chi connectivity index (χ2v) is 8.40. The van der Waals surface area contributed by atoms with Gasteiger partial charge in [0.25, 0.3) is 0 Å². The second-order valence-electron chi connectivity index (χ2n) is 8.40. The van der Waals surface area contributed by atoms with Gasteiger partial charge in [0.1, 0.15) is 0 Å². The lowest BCUT2D eigenvalue weighted by atomic mass is 9.67. The summed E-state index contributed by atoms with van der Waals surface area (Å²) in [7, 11) is 0. The van der Waals surface area contributed by atoms with E-state index in [1.54, 1.807) is 0 Å². The third kappa shape index (κ3) is 2.11. The van der Waals surface area contributed by atoms with Crippen molar-refractivity contribution in [2.75, 3.05) is 0 Å². The maximum atomic E-state index is 12.7. The van der Waals surface area contributed by atoms with Gasteiger partial charge in [-0.05, 0) is 48.8 Å². The van der Waals surface area contributed by atoms with E-state index in [0.29, 0.717) is 5.39 Å². The van der Waals surface area contributed by atoms with Crippen molar-refractivity contribution in [3.63, 3.8) is 0 Å². The van der Waals surface area contributed by atoms with Crippen LogP contribution in [0.25, 0.3) is 10.9 Å². The Morgan fingerprint density at radius 3 is 2.38 bits per heavy atom. The Labute approximate surface area is 141 Å². The Hall–Kier alpha value is -1.84. The number of hydrogen-bond acceptors (Lipinski definition) is 3. The zero-order valence-electron chi connectivity index (χ0n) is 14.8. The van der Waals surface area contributed by atoms with E-state index in [0.717, 1.165) is 48.7 Å². The normalized spacial score (nSPS) is 21.8. The molecule has 1 fully saturated rings. The van der Waals surface area contributed by atoms with Gasteiger partial charge in [-0.2, -0.15) is 0 Å². The minimum Gasteiger partial charge on any atom is -0.372 e. The molecular formula is C20H25NO3. The molecule has 4 rings (SSSR count). The molecule has 2 heterocycles. The standard InChI is InChI=1S/C20H25NO3/c1-13-10-14-16-15(11-13)19(2,3)12-20(8-6-4-5-7-9-20)21(16)18(23)24-17(14)22/h10-11H,4-9,12H2,1-3H3. The van der Waals surface area contributed by atoms with Crippen LogP contribution in [0.5, 0.6) is 0 Å². The van der Waals surface area contributed by atoms with Crippen LogP contribution in [0, 0.1) is 6.92 Å². The van der Waals surface area contributed by atoms with Crippen molar-refractivity contribution in [1.29, 1.82) is 0 Å². The van der Waals surface area contributed by atoms with Gasteiger partial charge < -0.3 is 4.42 Å². The van der Waals surface area contributed by atoms with Gasteiger partial charge in [-0.25, -0.2) is 9.59 Å². The van der Waals surface area contributed by atoms with Crippen LogP contribution in [0.1, 0.15) is 69.9 Å². The highest BCUT2D eigenvalue weighted by molar-refractivity contribution is 5.84. The Bertz CT molecular complexity index is 924. The maximum absolute atomic E-state index is 12.7. The van der Waals surface area contributed by atoms with Crippen LogP contribution in [0.2, 0.25) is 0 Å². The summed E-state index contributed by atoms with van der Waals surface area (Å²) in [6.45, 7) is 6.49. The van der Waals surface area contributed by atoms with Crippen LogP contribution in [0.4, 0.5) is 0 Å². The molecule has 1 aliphatic heterocycles. The van der Waals surface area contributed by atoms with Crippen molar-refractivity contribution in [2.45, 2.75) is 76.7 Å². The highest BCUT2D eigenvalue weighted by Gasteiger charge is 2.46. The number of benzene rings is 1. The third-order valence-corrected chi connectivity index (χ3v) is 6.07. The zero-order valence-corrected chi connectivity index (χ0v) is 14.8. The first-order chi connectivity index (χ1) is 11.3. The van der Waals surface area contributed by atoms with E-state index >= 15 is 0 Å². The van der Waals surface area contributed by atoms with Crippen LogP contribution in [0.15, 0.2) is 26.1 Å². The first kappa shape index (κ1) is 15.7. The Morgan fingerprint density at radius 2 is 1.71 bits per heavy atom. The van der Waals surface area contributed by atoms with Gasteiger partial charge in [-0.15, -0.1) is 0 Å². The van der Waals surface area contributed by atoms with Crippen LogP contribution in [-0.2, 0) is 11.0 Å². The van der Waals surface area contributed by atoms with E-state index in [4.69, 9.17) is 4.42 Å². The summed E-state index contributed by atoms with van der Waals surface area (Å²) < 4.78 is 7.00. The topological polar surface area (TPSA) is 52.2 Å². The molecule has 1 aliphatic carbocycles. The van der Waals surface area contributed by atoms with Gasteiger partial charge in [0.05, 0.1) is 16.4 Å². The molecular weight excluding hydrogens is 302 g/mol. The molecule has 128 valence electrons. The fourth-order valence-corrected chi connectivity index (χ4v) is 5.18. The summed E-state index contributed by atoms with van der Waals surface area (Å²) in [5, 5.41) is 0.556. The Morgan fingerprint density at radius 1 is 1.04 bits per heavy atom. The average molecular weight is 327 g/mol. The highest BCUT2D eigenvalue weighted by atomic mass is 16.4. The van der Waals surface area contributed by atoms with E-state index < -0.39 is 11.4 Å². The fraction of sp³-hybridized carbons (Fsp3) is 0.600. The molecule has 0 N–H and O–H groups in total. The molecule has 4 nitrogen and oxygen atoms in total. The van der Waals surface area contributed by atoms with E-state index in [9.17, 15) is 9.59 Å². The molecule has 2 aliphatic rings. The molecule has 24 heavy (non-hydrogen) atoms. The minimum absolute atomic E-state index is 0.0607. The minimum atomic E-state index is -0.502. The summed E-state index contributed by atoms with van der Waals surface area (Å²) in [6, 6.07) is 4.01. The molecule has 0 radical (unpaired) electrons. The molecule has 1 spiro atoms. The van der Waals surface area contributed by atoms with Crippen LogP contribution >= 0.6 is 0 Å². The summed E-state index contributed by atoms with van der Waals surface area (Å²) >= 11 is 0. The van der Waals surface area contributed by atoms with Crippen LogP contribution in [0.3, 0.4) is 0 Å². The van der Waals surface area contributed by atoms with E-state index in [-0.39, 0.29) is 11.0 Å². The van der Waals surface area contributed by atoms with Crippen molar-refractivity contribution in [3.05, 3.63) is 44.2 Å². The summed E-state index contributed by atoms with van der Waals surface area (Å²) in [5.74, 6) is -0.477. The lowest BCUT2D eigenvalue weighted by molar-refractivity contribution is 0.151.